The number of hydrogen-bond acceptors (Lipinski definition) is 3. The molecule has 0 atom stereocenters. The number of halogens is 1. The molecule has 0 unspecified atom stereocenters. The lowest BCUT2D eigenvalue weighted by Crippen LogP contribution is -2.38. The van der Waals surface area contributed by atoms with Crippen molar-refractivity contribution < 1.29 is 4.74 Å². The normalized spacial score (nSPS) is 23.6. The number of hydrogen-bond donors (Lipinski definition) is 1. The average molecular weight is 309 g/mol. The number of ether oxygens (including phenoxy) is 1. The summed E-state index contributed by atoms with van der Waals surface area (Å²) < 4.78 is 5.59. The first-order chi connectivity index (χ1) is 9.83. The monoisotopic (exact) mass is 308 g/mol. The van der Waals surface area contributed by atoms with E-state index in [1.807, 2.05) is 0 Å². The third-order valence-corrected chi connectivity index (χ3v) is 5.34. The first-order valence-electron chi connectivity index (χ1n) is 8.01. The Kier molecular flexibility index (Phi) is 4.43. The van der Waals surface area contributed by atoms with Crippen molar-refractivity contribution >= 4 is 12.4 Å². The zero-order chi connectivity index (χ0) is 13.4. The number of likely N-dealkylation sites (tertiary alicyclic amines) is 1. The van der Waals surface area contributed by atoms with Crippen LogP contribution in [0.15, 0.2) is 18.2 Å². The summed E-state index contributed by atoms with van der Waals surface area (Å²) in [6.45, 7) is 6.96. The number of piperidine rings is 1. The van der Waals surface area contributed by atoms with Crippen LogP contribution in [0.2, 0.25) is 0 Å². The Morgan fingerprint density at radius 2 is 2.05 bits per heavy atom. The Bertz CT molecular complexity index is 500. The third kappa shape index (κ3) is 3.05. The summed E-state index contributed by atoms with van der Waals surface area (Å²) in [5, 5.41) is 3.50. The lowest BCUT2D eigenvalue weighted by atomic mass is 9.78. The molecule has 1 aromatic rings. The van der Waals surface area contributed by atoms with Gasteiger partial charge < -0.3 is 10.1 Å². The van der Waals surface area contributed by atoms with Gasteiger partial charge in [-0.2, -0.15) is 0 Å². The molecule has 21 heavy (non-hydrogen) atoms. The second-order valence-corrected chi connectivity index (χ2v) is 6.75. The fourth-order valence-electron chi connectivity index (χ4n) is 4.12. The maximum atomic E-state index is 5.59. The van der Waals surface area contributed by atoms with Crippen LogP contribution in [-0.4, -0.2) is 37.7 Å². The minimum atomic E-state index is 0. The molecule has 116 valence electrons. The SMILES string of the molecule is Cl.c1cc2c(cc1CN1CCC3(CCNCC3)C1)CCO2. The molecule has 2 fully saturated rings. The third-order valence-electron chi connectivity index (χ3n) is 5.34. The molecule has 4 rings (SSSR count). The van der Waals surface area contributed by atoms with Crippen molar-refractivity contribution in [2.45, 2.75) is 32.2 Å². The molecular formula is C17H25ClN2O. The maximum Gasteiger partial charge on any atom is 0.122 e. The van der Waals surface area contributed by atoms with E-state index in [1.165, 1.54) is 56.6 Å². The molecule has 0 saturated carbocycles. The molecule has 2 saturated heterocycles. The number of benzene rings is 1. The molecule has 1 spiro atoms. The van der Waals surface area contributed by atoms with Gasteiger partial charge in [0.15, 0.2) is 0 Å². The molecule has 0 amide bonds. The van der Waals surface area contributed by atoms with Crippen LogP contribution in [0.4, 0.5) is 0 Å². The zero-order valence-electron chi connectivity index (χ0n) is 12.6. The van der Waals surface area contributed by atoms with Gasteiger partial charge in [-0.25, -0.2) is 0 Å². The van der Waals surface area contributed by atoms with Gasteiger partial charge in [-0.15, -0.1) is 12.4 Å². The van der Waals surface area contributed by atoms with Crippen molar-refractivity contribution in [3.8, 4) is 5.75 Å². The number of fused-ring (bicyclic) bond motifs is 1. The summed E-state index contributed by atoms with van der Waals surface area (Å²) in [6.07, 6.45) is 5.20. The Balaban J connectivity index is 0.00000132. The molecule has 4 heteroatoms. The molecule has 1 N–H and O–H groups in total. The van der Waals surface area contributed by atoms with E-state index >= 15 is 0 Å². The quantitative estimate of drug-likeness (QED) is 0.909. The van der Waals surface area contributed by atoms with E-state index < -0.39 is 0 Å². The van der Waals surface area contributed by atoms with Crippen molar-refractivity contribution in [1.29, 1.82) is 0 Å². The highest BCUT2D eigenvalue weighted by Crippen LogP contribution is 2.39. The van der Waals surface area contributed by atoms with E-state index in [4.69, 9.17) is 4.74 Å². The molecule has 0 radical (unpaired) electrons. The smallest absolute Gasteiger partial charge is 0.122 e. The van der Waals surface area contributed by atoms with Crippen LogP contribution in [0.25, 0.3) is 0 Å². The van der Waals surface area contributed by atoms with Crippen LogP contribution < -0.4 is 10.1 Å². The molecule has 0 aliphatic carbocycles. The summed E-state index contributed by atoms with van der Waals surface area (Å²) in [7, 11) is 0. The van der Waals surface area contributed by atoms with Crippen molar-refractivity contribution in [1.82, 2.24) is 10.2 Å². The van der Waals surface area contributed by atoms with Gasteiger partial charge in [-0.05, 0) is 61.5 Å². The highest BCUT2D eigenvalue weighted by Gasteiger charge is 2.38. The van der Waals surface area contributed by atoms with Gasteiger partial charge in [-0.1, -0.05) is 12.1 Å². The Labute approximate surface area is 133 Å². The summed E-state index contributed by atoms with van der Waals surface area (Å²) in [5.41, 5.74) is 3.48. The maximum absolute atomic E-state index is 5.59. The van der Waals surface area contributed by atoms with E-state index in [0.717, 1.165) is 25.3 Å². The van der Waals surface area contributed by atoms with Crippen molar-refractivity contribution in [2.24, 2.45) is 5.41 Å². The van der Waals surface area contributed by atoms with Crippen LogP contribution in [0.1, 0.15) is 30.4 Å². The molecule has 0 bridgehead atoms. The van der Waals surface area contributed by atoms with Crippen LogP contribution in [0.3, 0.4) is 0 Å². The molecule has 3 aliphatic rings. The van der Waals surface area contributed by atoms with Crippen molar-refractivity contribution in [3.63, 3.8) is 0 Å². The highest BCUT2D eigenvalue weighted by atomic mass is 35.5. The van der Waals surface area contributed by atoms with Gasteiger partial charge in [0.25, 0.3) is 0 Å². The number of rotatable bonds is 2. The van der Waals surface area contributed by atoms with Crippen LogP contribution in [0.5, 0.6) is 5.75 Å². The molecule has 3 nitrogen and oxygen atoms in total. The Hall–Kier alpha value is -0.770. The highest BCUT2D eigenvalue weighted by molar-refractivity contribution is 5.85. The molecule has 3 heterocycles. The summed E-state index contributed by atoms with van der Waals surface area (Å²) >= 11 is 0. The predicted octanol–water partition coefficient (Wildman–Crippen LogP) is 2.62. The lowest BCUT2D eigenvalue weighted by Gasteiger charge is -2.34. The average Bonchev–Trinajstić information content (AvgIpc) is 3.07. The summed E-state index contributed by atoms with van der Waals surface area (Å²) in [4.78, 5) is 2.66. The van der Waals surface area contributed by atoms with E-state index in [1.54, 1.807) is 0 Å². The topological polar surface area (TPSA) is 24.5 Å². The van der Waals surface area contributed by atoms with Gasteiger partial charge in [0, 0.05) is 19.5 Å². The molecule has 1 aromatic carbocycles. The van der Waals surface area contributed by atoms with Crippen LogP contribution >= 0.6 is 12.4 Å². The van der Waals surface area contributed by atoms with Gasteiger partial charge >= 0.3 is 0 Å². The fraction of sp³-hybridized carbons (Fsp3) is 0.647. The Morgan fingerprint density at radius 1 is 1.19 bits per heavy atom. The van der Waals surface area contributed by atoms with Gasteiger partial charge in [-0.3, -0.25) is 4.90 Å². The molecule has 0 aromatic heterocycles. The van der Waals surface area contributed by atoms with Gasteiger partial charge in [0.05, 0.1) is 6.61 Å². The first-order valence-corrected chi connectivity index (χ1v) is 8.01. The van der Waals surface area contributed by atoms with E-state index in [2.05, 4.69) is 28.4 Å². The zero-order valence-corrected chi connectivity index (χ0v) is 13.4. The van der Waals surface area contributed by atoms with Gasteiger partial charge in [0.2, 0.25) is 0 Å². The second kappa shape index (κ2) is 6.15. The lowest BCUT2D eigenvalue weighted by molar-refractivity contribution is 0.194. The van der Waals surface area contributed by atoms with Crippen molar-refractivity contribution in [3.05, 3.63) is 29.3 Å². The minimum Gasteiger partial charge on any atom is -0.493 e. The largest absolute Gasteiger partial charge is 0.493 e. The van der Waals surface area contributed by atoms with Crippen LogP contribution in [0, 0.1) is 5.41 Å². The standard InChI is InChI=1S/C17H24N2O.ClH/c1-2-16-15(3-10-20-16)11-14(1)12-19-9-6-17(13-19)4-7-18-8-5-17;/h1-2,11,18H,3-10,12-13H2;1H. The van der Waals surface area contributed by atoms with Gasteiger partial charge in [0.1, 0.15) is 5.75 Å². The van der Waals surface area contributed by atoms with Crippen LogP contribution in [-0.2, 0) is 13.0 Å². The van der Waals surface area contributed by atoms with E-state index in [9.17, 15) is 0 Å². The number of nitrogens with one attached hydrogen (secondary N) is 1. The first kappa shape index (κ1) is 15.1. The number of nitrogens with zero attached hydrogens (tertiary/aromatic N) is 1. The Morgan fingerprint density at radius 3 is 2.90 bits per heavy atom. The fourth-order valence-corrected chi connectivity index (χ4v) is 4.12. The molecule has 3 aliphatic heterocycles. The summed E-state index contributed by atoms with van der Waals surface area (Å²) in [6, 6.07) is 6.77. The minimum absolute atomic E-state index is 0. The predicted molar refractivity (Wildman–Crippen MR) is 87.3 cm³/mol. The summed E-state index contributed by atoms with van der Waals surface area (Å²) in [5.74, 6) is 1.10. The van der Waals surface area contributed by atoms with E-state index in [-0.39, 0.29) is 12.4 Å². The molecular weight excluding hydrogens is 284 g/mol. The van der Waals surface area contributed by atoms with Crippen molar-refractivity contribution in [2.75, 3.05) is 32.8 Å². The second-order valence-electron chi connectivity index (χ2n) is 6.75. The van der Waals surface area contributed by atoms with E-state index in [0.29, 0.717) is 5.41 Å².